The molecule has 1 atom stereocenters. The van der Waals surface area contributed by atoms with Crippen molar-refractivity contribution in [2.75, 3.05) is 47.8 Å². The lowest BCUT2D eigenvalue weighted by molar-refractivity contribution is -0.120. The number of halogens is 1. The molecule has 1 saturated carbocycles. The normalized spacial score (nSPS) is 21.3. The molecule has 2 aliphatic heterocycles. The molecule has 5 rings (SSSR count). The van der Waals surface area contributed by atoms with Gasteiger partial charge in [-0.1, -0.05) is 12.8 Å². The zero-order chi connectivity index (χ0) is 22.8. The number of hydrogen-bond donors (Lipinski definition) is 3. The van der Waals surface area contributed by atoms with Crippen molar-refractivity contribution in [1.82, 2.24) is 20.6 Å². The average molecular weight is 454 g/mol. The van der Waals surface area contributed by atoms with Crippen LogP contribution in [-0.2, 0) is 4.79 Å². The van der Waals surface area contributed by atoms with E-state index in [0.717, 1.165) is 56.8 Å². The van der Waals surface area contributed by atoms with Gasteiger partial charge in [0.2, 0.25) is 11.9 Å². The van der Waals surface area contributed by atoms with Crippen LogP contribution in [0.1, 0.15) is 37.7 Å². The van der Waals surface area contributed by atoms with Gasteiger partial charge in [0, 0.05) is 56.2 Å². The van der Waals surface area contributed by atoms with Crippen LogP contribution in [0.5, 0.6) is 0 Å². The first kappa shape index (κ1) is 21.9. The largest absolute Gasteiger partial charge is 0.367 e. The van der Waals surface area contributed by atoms with Crippen LogP contribution in [-0.4, -0.2) is 60.7 Å². The molecular formula is C24H32FN7O. The van der Waals surface area contributed by atoms with Gasteiger partial charge >= 0.3 is 0 Å². The fraction of sp³-hybridized carbons (Fsp3) is 0.542. The van der Waals surface area contributed by atoms with Gasteiger partial charge in [0.25, 0.3) is 0 Å². The van der Waals surface area contributed by atoms with Crippen molar-refractivity contribution in [1.29, 1.82) is 0 Å². The van der Waals surface area contributed by atoms with Crippen molar-refractivity contribution in [3.63, 3.8) is 0 Å². The number of aryl methyl sites for hydroxylation is 1. The minimum Gasteiger partial charge on any atom is -0.367 e. The number of benzene rings is 1. The van der Waals surface area contributed by atoms with Crippen LogP contribution in [0.4, 0.5) is 27.5 Å². The SMILES string of the molecule is Cc1cnc(Nc2ccc(N3CCNCC3)c(F)c2)nc1N(C1CCCC1)C1CCNC1=O. The number of nitrogens with zero attached hydrogens (tertiary/aromatic N) is 4. The van der Waals surface area contributed by atoms with Gasteiger partial charge in [-0.05, 0) is 44.4 Å². The summed E-state index contributed by atoms with van der Waals surface area (Å²) in [5.41, 5.74) is 2.16. The number of carbonyl (C=O) groups excluding carboxylic acids is 1. The maximum absolute atomic E-state index is 14.9. The van der Waals surface area contributed by atoms with E-state index in [0.29, 0.717) is 29.9 Å². The number of amides is 1. The molecule has 9 heteroatoms. The molecule has 1 aliphatic carbocycles. The zero-order valence-electron chi connectivity index (χ0n) is 19.1. The molecule has 0 radical (unpaired) electrons. The Labute approximate surface area is 194 Å². The highest BCUT2D eigenvalue weighted by Gasteiger charge is 2.37. The van der Waals surface area contributed by atoms with Gasteiger partial charge in [-0.3, -0.25) is 4.79 Å². The van der Waals surface area contributed by atoms with Gasteiger partial charge in [0.05, 0.1) is 5.69 Å². The minimum atomic E-state index is -0.260. The lowest BCUT2D eigenvalue weighted by Gasteiger charge is -2.35. The van der Waals surface area contributed by atoms with E-state index >= 15 is 0 Å². The molecular weight excluding hydrogens is 421 g/mol. The van der Waals surface area contributed by atoms with Crippen molar-refractivity contribution in [2.24, 2.45) is 0 Å². The molecule has 33 heavy (non-hydrogen) atoms. The van der Waals surface area contributed by atoms with Crippen molar-refractivity contribution >= 4 is 29.0 Å². The molecule has 3 heterocycles. The van der Waals surface area contributed by atoms with E-state index in [1.807, 2.05) is 19.1 Å². The summed E-state index contributed by atoms with van der Waals surface area (Å²) in [5.74, 6) is 1.01. The van der Waals surface area contributed by atoms with E-state index in [-0.39, 0.29) is 17.8 Å². The Morgan fingerprint density at radius 3 is 2.64 bits per heavy atom. The molecule has 2 aromatic rings. The summed E-state index contributed by atoms with van der Waals surface area (Å²) in [6.45, 7) is 5.97. The highest BCUT2D eigenvalue weighted by molar-refractivity contribution is 5.87. The van der Waals surface area contributed by atoms with Gasteiger partial charge in [-0.15, -0.1) is 0 Å². The minimum absolute atomic E-state index is 0.0694. The second-order valence-electron chi connectivity index (χ2n) is 9.17. The Morgan fingerprint density at radius 2 is 1.94 bits per heavy atom. The number of aromatic nitrogens is 2. The quantitative estimate of drug-likeness (QED) is 0.620. The third kappa shape index (κ3) is 4.59. The van der Waals surface area contributed by atoms with E-state index in [9.17, 15) is 9.18 Å². The predicted octanol–water partition coefficient (Wildman–Crippen LogP) is 2.71. The zero-order valence-corrected chi connectivity index (χ0v) is 19.1. The van der Waals surface area contributed by atoms with Crippen LogP contribution in [0.15, 0.2) is 24.4 Å². The first-order valence-corrected chi connectivity index (χ1v) is 12.0. The third-order valence-electron chi connectivity index (χ3n) is 6.92. The standard InChI is InChI=1S/C24H32FN7O/c1-16-15-28-24(29-17-6-7-20(19(25)14-17)31-12-10-26-11-13-31)30-22(16)32(18-4-2-3-5-18)21-8-9-27-23(21)33/h6-7,14-15,18,21,26H,2-5,8-13H2,1H3,(H,27,33)(H,28,29,30). The summed E-state index contributed by atoms with van der Waals surface area (Å²) >= 11 is 0. The Bertz CT molecular complexity index is 1000. The molecule has 2 saturated heterocycles. The van der Waals surface area contributed by atoms with Gasteiger partial charge < -0.3 is 25.8 Å². The molecule has 1 aromatic carbocycles. The van der Waals surface area contributed by atoms with E-state index in [4.69, 9.17) is 4.98 Å². The highest BCUT2D eigenvalue weighted by Crippen LogP contribution is 2.33. The molecule has 1 amide bonds. The third-order valence-corrected chi connectivity index (χ3v) is 6.92. The fourth-order valence-corrected chi connectivity index (χ4v) is 5.23. The lowest BCUT2D eigenvalue weighted by Crippen LogP contribution is -2.47. The summed E-state index contributed by atoms with van der Waals surface area (Å²) in [5, 5.41) is 9.42. The van der Waals surface area contributed by atoms with Crippen LogP contribution in [0.25, 0.3) is 0 Å². The second-order valence-corrected chi connectivity index (χ2v) is 9.17. The molecule has 176 valence electrons. The molecule has 3 aliphatic rings. The first-order chi connectivity index (χ1) is 16.1. The number of carbonyl (C=O) groups is 1. The smallest absolute Gasteiger partial charge is 0.242 e. The van der Waals surface area contributed by atoms with Crippen molar-refractivity contribution in [2.45, 2.75) is 51.1 Å². The molecule has 3 N–H and O–H groups in total. The molecule has 0 spiro atoms. The summed E-state index contributed by atoms with van der Waals surface area (Å²) in [7, 11) is 0. The molecule has 8 nitrogen and oxygen atoms in total. The Kier molecular flexibility index (Phi) is 6.30. The van der Waals surface area contributed by atoms with Gasteiger partial charge in [0.15, 0.2) is 0 Å². The first-order valence-electron chi connectivity index (χ1n) is 12.0. The van der Waals surface area contributed by atoms with E-state index in [2.05, 4.69) is 30.7 Å². The fourth-order valence-electron chi connectivity index (χ4n) is 5.23. The number of piperazine rings is 1. The van der Waals surface area contributed by atoms with Gasteiger partial charge in [-0.2, -0.15) is 4.98 Å². The maximum atomic E-state index is 14.9. The van der Waals surface area contributed by atoms with Crippen molar-refractivity contribution < 1.29 is 9.18 Å². The summed E-state index contributed by atoms with van der Waals surface area (Å²) in [6, 6.07) is 5.27. The Hall–Kier alpha value is -2.94. The Morgan fingerprint density at radius 1 is 1.15 bits per heavy atom. The van der Waals surface area contributed by atoms with Crippen LogP contribution >= 0.6 is 0 Å². The second kappa shape index (κ2) is 9.51. The summed E-state index contributed by atoms with van der Waals surface area (Å²) in [6.07, 6.45) is 7.03. The van der Waals surface area contributed by atoms with Crippen LogP contribution in [0.3, 0.4) is 0 Å². The Balaban J connectivity index is 1.40. The topological polar surface area (TPSA) is 85.4 Å². The number of rotatable bonds is 6. The molecule has 0 bridgehead atoms. The van der Waals surface area contributed by atoms with Crippen LogP contribution < -0.4 is 25.8 Å². The number of anilines is 4. The molecule has 1 aromatic heterocycles. The maximum Gasteiger partial charge on any atom is 0.242 e. The van der Waals surface area contributed by atoms with Gasteiger partial charge in [0.1, 0.15) is 17.7 Å². The number of nitrogens with one attached hydrogen (secondary N) is 3. The van der Waals surface area contributed by atoms with Crippen molar-refractivity contribution in [3.8, 4) is 0 Å². The van der Waals surface area contributed by atoms with Gasteiger partial charge in [-0.25, -0.2) is 9.37 Å². The van der Waals surface area contributed by atoms with Crippen LogP contribution in [0, 0.1) is 12.7 Å². The monoisotopic (exact) mass is 453 g/mol. The van der Waals surface area contributed by atoms with E-state index < -0.39 is 0 Å². The van der Waals surface area contributed by atoms with E-state index in [1.165, 1.54) is 18.9 Å². The molecule has 3 fully saturated rings. The average Bonchev–Trinajstić information content (AvgIpc) is 3.50. The lowest BCUT2D eigenvalue weighted by atomic mass is 10.1. The predicted molar refractivity (Wildman–Crippen MR) is 128 cm³/mol. The number of hydrogen-bond acceptors (Lipinski definition) is 7. The molecule has 1 unspecified atom stereocenters. The highest BCUT2D eigenvalue weighted by atomic mass is 19.1. The van der Waals surface area contributed by atoms with E-state index in [1.54, 1.807) is 6.20 Å². The summed E-state index contributed by atoms with van der Waals surface area (Å²) < 4.78 is 14.9. The van der Waals surface area contributed by atoms with Crippen molar-refractivity contribution in [3.05, 3.63) is 35.8 Å². The summed E-state index contributed by atoms with van der Waals surface area (Å²) in [4.78, 5) is 26.1. The van der Waals surface area contributed by atoms with Crippen LogP contribution in [0.2, 0.25) is 0 Å².